The number of halogens is 1. The number of hydrogen-bond donors (Lipinski definition) is 2. The van der Waals surface area contributed by atoms with Gasteiger partial charge in [-0.15, -0.1) is 0 Å². The fourth-order valence-corrected chi connectivity index (χ4v) is 2.55. The Morgan fingerprint density at radius 1 is 1.07 bits per heavy atom. The molecule has 2 aromatic rings. The highest BCUT2D eigenvalue weighted by atomic mass is 35.5. The molecule has 0 aliphatic rings. The van der Waals surface area contributed by atoms with Gasteiger partial charge in [0.15, 0.2) is 0 Å². The third-order valence-corrected chi connectivity index (χ3v) is 3.96. The Morgan fingerprint density at radius 3 is 2.44 bits per heavy atom. The van der Waals surface area contributed by atoms with Gasteiger partial charge in [0.25, 0.3) is 5.91 Å². The van der Waals surface area contributed by atoms with Gasteiger partial charge in [-0.25, -0.2) is 0 Å². The van der Waals surface area contributed by atoms with E-state index in [2.05, 4.69) is 17.2 Å². The molecule has 0 aliphatic heterocycles. The van der Waals surface area contributed by atoms with E-state index in [1.807, 2.05) is 0 Å². The lowest BCUT2D eigenvalue weighted by molar-refractivity contribution is -0.115. The van der Waals surface area contributed by atoms with Crippen LogP contribution in [-0.4, -0.2) is 36.7 Å². The molecule has 6 nitrogen and oxygen atoms in total. The molecule has 0 radical (unpaired) electrons. The molecule has 0 aromatic heterocycles. The molecule has 2 N–H and O–H groups in total. The van der Waals surface area contributed by atoms with Crippen LogP contribution in [0, 0.1) is 0 Å². The summed E-state index contributed by atoms with van der Waals surface area (Å²) in [6.07, 6.45) is 1.28. The van der Waals surface area contributed by atoms with Crippen LogP contribution >= 0.6 is 11.6 Å². The van der Waals surface area contributed by atoms with Gasteiger partial charge in [0.05, 0.1) is 17.0 Å². The van der Waals surface area contributed by atoms with Crippen LogP contribution in [-0.2, 0) is 16.0 Å². The number of carbonyl (C=O) groups is 3. The van der Waals surface area contributed by atoms with E-state index in [0.717, 1.165) is 5.56 Å². The van der Waals surface area contributed by atoms with Crippen LogP contribution in [0.4, 0.5) is 11.4 Å². The van der Waals surface area contributed by atoms with Crippen LogP contribution in [0.1, 0.15) is 15.9 Å². The zero-order chi connectivity index (χ0) is 20.0. The number of carbonyl (C=O) groups excluding carboxylic acids is 3. The molecule has 0 unspecified atom stereocenters. The van der Waals surface area contributed by atoms with E-state index >= 15 is 0 Å². The molecule has 0 spiro atoms. The number of nitrogens with one attached hydrogen (secondary N) is 2. The van der Waals surface area contributed by atoms with E-state index in [1.54, 1.807) is 56.6 Å². The normalized spacial score (nSPS) is 10.0. The SMILES string of the molecule is C=CC(=O)Nc1cccc(CC(=O)Nc2ccc(Cl)c(C(=O)N(C)C)c2)c1. The van der Waals surface area contributed by atoms with Gasteiger partial charge < -0.3 is 15.5 Å². The Labute approximate surface area is 162 Å². The van der Waals surface area contributed by atoms with Crippen LogP contribution in [0.3, 0.4) is 0 Å². The molecule has 2 aromatic carbocycles. The third kappa shape index (κ3) is 5.69. The molecule has 2 rings (SSSR count). The first-order valence-electron chi connectivity index (χ1n) is 8.13. The van der Waals surface area contributed by atoms with Crippen molar-refractivity contribution < 1.29 is 14.4 Å². The Kier molecular flexibility index (Phi) is 6.73. The van der Waals surface area contributed by atoms with Crippen molar-refractivity contribution in [2.75, 3.05) is 24.7 Å². The molecule has 7 heteroatoms. The van der Waals surface area contributed by atoms with Gasteiger partial charge in [0, 0.05) is 25.5 Å². The second-order valence-electron chi connectivity index (χ2n) is 6.01. The van der Waals surface area contributed by atoms with Crippen molar-refractivity contribution in [2.45, 2.75) is 6.42 Å². The lowest BCUT2D eigenvalue weighted by Gasteiger charge is -2.13. The van der Waals surface area contributed by atoms with Crippen LogP contribution < -0.4 is 10.6 Å². The Morgan fingerprint density at radius 2 is 1.78 bits per heavy atom. The van der Waals surface area contributed by atoms with Gasteiger partial charge in [-0.1, -0.05) is 30.3 Å². The summed E-state index contributed by atoms with van der Waals surface area (Å²) in [7, 11) is 3.25. The second-order valence-corrected chi connectivity index (χ2v) is 6.42. The van der Waals surface area contributed by atoms with Gasteiger partial charge in [0.2, 0.25) is 11.8 Å². The molecule has 0 heterocycles. The highest BCUT2D eigenvalue weighted by molar-refractivity contribution is 6.34. The van der Waals surface area contributed by atoms with Crippen molar-refractivity contribution in [3.63, 3.8) is 0 Å². The zero-order valence-corrected chi connectivity index (χ0v) is 15.8. The van der Waals surface area contributed by atoms with E-state index in [0.29, 0.717) is 22.0 Å². The standard InChI is InChI=1S/C20H20ClN3O3/c1-4-18(25)22-14-7-5-6-13(10-14)11-19(26)23-15-8-9-17(21)16(12-15)20(27)24(2)3/h4-10,12H,1,11H2,2-3H3,(H,22,25)(H,23,26). The monoisotopic (exact) mass is 385 g/mol. The average molecular weight is 386 g/mol. The Hall–Kier alpha value is -3.12. The number of nitrogens with zero attached hydrogens (tertiary/aromatic N) is 1. The van der Waals surface area contributed by atoms with Gasteiger partial charge >= 0.3 is 0 Å². The minimum atomic E-state index is -0.323. The fourth-order valence-electron chi connectivity index (χ4n) is 2.35. The molecule has 0 aliphatic carbocycles. The van der Waals surface area contributed by atoms with Crippen molar-refractivity contribution in [1.29, 1.82) is 0 Å². The fraction of sp³-hybridized carbons (Fsp3) is 0.150. The molecule has 0 fully saturated rings. The summed E-state index contributed by atoms with van der Waals surface area (Å²) >= 11 is 6.07. The van der Waals surface area contributed by atoms with E-state index < -0.39 is 0 Å². The summed E-state index contributed by atoms with van der Waals surface area (Å²) in [5, 5.41) is 5.71. The quantitative estimate of drug-likeness (QED) is 0.748. The van der Waals surface area contributed by atoms with Gasteiger partial charge in [-0.2, -0.15) is 0 Å². The minimum Gasteiger partial charge on any atom is -0.345 e. The highest BCUT2D eigenvalue weighted by Crippen LogP contribution is 2.22. The van der Waals surface area contributed by atoms with Crippen molar-refractivity contribution in [3.05, 3.63) is 71.3 Å². The summed E-state index contributed by atoms with van der Waals surface area (Å²) in [5.74, 6) is -0.828. The molecule has 0 saturated heterocycles. The first-order valence-corrected chi connectivity index (χ1v) is 8.51. The summed E-state index contributed by atoms with van der Waals surface area (Å²) in [5.41, 5.74) is 2.10. The minimum absolute atomic E-state index is 0.109. The second kappa shape index (κ2) is 9.00. The van der Waals surface area contributed by atoms with Crippen molar-refractivity contribution in [2.24, 2.45) is 0 Å². The third-order valence-electron chi connectivity index (χ3n) is 3.63. The molecule has 0 bridgehead atoms. The van der Waals surface area contributed by atoms with E-state index in [9.17, 15) is 14.4 Å². The average Bonchev–Trinajstić information content (AvgIpc) is 2.62. The first kappa shape index (κ1) is 20.2. The molecule has 0 atom stereocenters. The molecule has 140 valence electrons. The number of rotatable bonds is 6. The Balaban J connectivity index is 2.09. The maximum absolute atomic E-state index is 12.3. The van der Waals surface area contributed by atoms with Crippen LogP contribution in [0.2, 0.25) is 5.02 Å². The first-order chi connectivity index (χ1) is 12.8. The van der Waals surface area contributed by atoms with Crippen LogP contribution in [0.25, 0.3) is 0 Å². The number of benzene rings is 2. The summed E-state index contributed by atoms with van der Waals surface area (Å²) in [6, 6.07) is 11.7. The maximum Gasteiger partial charge on any atom is 0.254 e. The zero-order valence-electron chi connectivity index (χ0n) is 15.1. The molecular formula is C20H20ClN3O3. The largest absolute Gasteiger partial charge is 0.345 e. The predicted octanol–water partition coefficient (Wildman–Crippen LogP) is 3.35. The van der Waals surface area contributed by atoms with Gasteiger partial charge in [0.1, 0.15) is 0 Å². The van der Waals surface area contributed by atoms with Crippen molar-refractivity contribution >= 4 is 40.7 Å². The predicted molar refractivity (Wildman–Crippen MR) is 107 cm³/mol. The summed E-state index contributed by atoms with van der Waals surface area (Å²) in [4.78, 5) is 37.2. The highest BCUT2D eigenvalue weighted by Gasteiger charge is 2.14. The maximum atomic E-state index is 12.3. The lowest BCUT2D eigenvalue weighted by atomic mass is 10.1. The van der Waals surface area contributed by atoms with Crippen molar-refractivity contribution in [1.82, 2.24) is 4.90 Å². The van der Waals surface area contributed by atoms with Crippen LogP contribution in [0.5, 0.6) is 0 Å². The summed E-state index contributed by atoms with van der Waals surface area (Å²) in [6.45, 7) is 3.40. The number of anilines is 2. The molecule has 27 heavy (non-hydrogen) atoms. The molecule has 0 saturated carbocycles. The van der Waals surface area contributed by atoms with E-state index in [4.69, 9.17) is 11.6 Å². The van der Waals surface area contributed by atoms with E-state index in [1.165, 1.54) is 11.0 Å². The van der Waals surface area contributed by atoms with Crippen molar-refractivity contribution in [3.8, 4) is 0 Å². The lowest BCUT2D eigenvalue weighted by Crippen LogP contribution is -2.22. The molecular weight excluding hydrogens is 366 g/mol. The van der Waals surface area contributed by atoms with Gasteiger partial charge in [-0.3, -0.25) is 14.4 Å². The molecule has 3 amide bonds. The van der Waals surface area contributed by atoms with Crippen LogP contribution in [0.15, 0.2) is 55.1 Å². The number of hydrogen-bond acceptors (Lipinski definition) is 3. The van der Waals surface area contributed by atoms with E-state index in [-0.39, 0.29) is 24.1 Å². The van der Waals surface area contributed by atoms with Gasteiger partial charge in [-0.05, 0) is 42.0 Å². The Bertz CT molecular complexity index is 894. The smallest absolute Gasteiger partial charge is 0.254 e. The summed E-state index contributed by atoms with van der Waals surface area (Å²) < 4.78 is 0. The topological polar surface area (TPSA) is 78.5 Å². The number of amides is 3.